The highest BCUT2D eigenvalue weighted by Crippen LogP contribution is 2.23. The van der Waals surface area contributed by atoms with Crippen molar-refractivity contribution < 1.29 is 4.79 Å². The van der Waals surface area contributed by atoms with E-state index in [1.807, 2.05) is 26.3 Å². The van der Waals surface area contributed by atoms with Gasteiger partial charge in [-0.05, 0) is 35.7 Å². The standard InChI is InChI=1S/C17H20N4OS2/c1-4-13-11(2)15(21(3)20-13)16(22)19-14(17-18-6-8-24-17)9-12-5-7-23-10-12/h5-8,10,14H,4,9H2,1-3H3,(H,19,22). The molecule has 0 radical (unpaired) electrons. The molecule has 3 rings (SSSR count). The van der Waals surface area contributed by atoms with E-state index in [1.54, 1.807) is 33.6 Å². The Hall–Kier alpha value is -1.99. The summed E-state index contributed by atoms with van der Waals surface area (Å²) in [6, 6.07) is 1.95. The molecule has 5 nitrogen and oxygen atoms in total. The second-order valence-corrected chi connectivity index (χ2v) is 7.34. The summed E-state index contributed by atoms with van der Waals surface area (Å²) in [4.78, 5) is 17.3. The normalized spacial score (nSPS) is 12.3. The Balaban J connectivity index is 1.85. The van der Waals surface area contributed by atoms with Crippen LogP contribution >= 0.6 is 22.7 Å². The summed E-state index contributed by atoms with van der Waals surface area (Å²) in [5.74, 6) is -0.0994. The van der Waals surface area contributed by atoms with Crippen LogP contribution in [0.4, 0.5) is 0 Å². The second kappa shape index (κ2) is 7.27. The lowest BCUT2D eigenvalue weighted by Gasteiger charge is -2.16. The minimum absolute atomic E-state index is 0.0994. The van der Waals surface area contributed by atoms with E-state index < -0.39 is 0 Å². The molecule has 1 amide bonds. The molecule has 0 aromatic carbocycles. The highest BCUT2D eigenvalue weighted by atomic mass is 32.1. The first-order chi connectivity index (χ1) is 11.6. The third kappa shape index (κ3) is 3.42. The minimum atomic E-state index is -0.133. The van der Waals surface area contributed by atoms with Crippen molar-refractivity contribution in [2.75, 3.05) is 0 Å². The van der Waals surface area contributed by atoms with E-state index in [0.717, 1.165) is 29.1 Å². The summed E-state index contributed by atoms with van der Waals surface area (Å²) in [7, 11) is 1.82. The van der Waals surface area contributed by atoms with Crippen molar-refractivity contribution in [1.82, 2.24) is 20.1 Å². The Morgan fingerprint density at radius 3 is 2.83 bits per heavy atom. The summed E-state index contributed by atoms with van der Waals surface area (Å²) in [5.41, 5.74) is 3.74. The van der Waals surface area contributed by atoms with Gasteiger partial charge < -0.3 is 5.32 Å². The summed E-state index contributed by atoms with van der Waals surface area (Å²) >= 11 is 3.22. The van der Waals surface area contributed by atoms with Crippen molar-refractivity contribution in [3.63, 3.8) is 0 Å². The molecule has 0 bridgehead atoms. The van der Waals surface area contributed by atoms with Crippen molar-refractivity contribution in [3.05, 3.63) is 55.9 Å². The molecule has 3 aromatic heterocycles. The molecule has 0 aliphatic rings. The van der Waals surface area contributed by atoms with E-state index in [1.165, 1.54) is 5.56 Å². The van der Waals surface area contributed by atoms with E-state index in [9.17, 15) is 4.79 Å². The predicted molar refractivity (Wildman–Crippen MR) is 97.7 cm³/mol. The van der Waals surface area contributed by atoms with Crippen LogP contribution in [-0.4, -0.2) is 20.7 Å². The maximum absolute atomic E-state index is 12.9. The van der Waals surface area contributed by atoms with Gasteiger partial charge in [-0.2, -0.15) is 16.4 Å². The SMILES string of the molecule is CCc1nn(C)c(C(=O)NC(Cc2ccsc2)c2nccs2)c1C. The monoisotopic (exact) mass is 360 g/mol. The number of hydrogen-bond donors (Lipinski definition) is 1. The first kappa shape index (κ1) is 16.9. The van der Waals surface area contributed by atoms with E-state index in [-0.39, 0.29) is 11.9 Å². The number of aromatic nitrogens is 3. The molecule has 0 aliphatic heterocycles. The van der Waals surface area contributed by atoms with Gasteiger partial charge in [0.25, 0.3) is 5.91 Å². The number of carbonyl (C=O) groups excluding carboxylic acids is 1. The molecule has 1 atom stereocenters. The van der Waals surface area contributed by atoms with Crippen LogP contribution in [-0.2, 0) is 19.9 Å². The van der Waals surface area contributed by atoms with Gasteiger partial charge in [-0.1, -0.05) is 6.92 Å². The molecule has 3 heterocycles. The molecule has 1 N–H and O–H groups in total. The number of thiophene rings is 1. The maximum atomic E-state index is 12.9. The van der Waals surface area contributed by atoms with Crippen LogP contribution in [0.1, 0.15) is 45.3 Å². The zero-order chi connectivity index (χ0) is 17.1. The molecule has 0 spiro atoms. The quantitative estimate of drug-likeness (QED) is 0.732. The van der Waals surface area contributed by atoms with Crippen LogP contribution in [0.25, 0.3) is 0 Å². The molecule has 0 aliphatic carbocycles. The zero-order valence-corrected chi connectivity index (χ0v) is 15.6. The van der Waals surface area contributed by atoms with Crippen LogP contribution in [0.2, 0.25) is 0 Å². The third-order valence-corrected chi connectivity index (χ3v) is 5.63. The number of hydrogen-bond acceptors (Lipinski definition) is 5. The molecule has 7 heteroatoms. The van der Waals surface area contributed by atoms with Gasteiger partial charge in [-0.3, -0.25) is 9.48 Å². The van der Waals surface area contributed by atoms with Crippen LogP contribution in [0.5, 0.6) is 0 Å². The number of amides is 1. The fourth-order valence-corrected chi connectivity index (χ4v) is 4.19. The highest BCUT2D eigenvalue weighted by molar-refractivity contribution is 7.09. The molecule has 0 saturated carbocycles. The van der Waals surface area contributed by atoms with Crippen LogP contribution in [0.3, 0.4) is 0 Å². The van der Waals surface area contributed by atoms with E-state index in [2.05, 4.69) is 32.2 Å². The zero-order valence-electron chi connectivity index (χ0n) is 13.9. The number of carbonyl (C=O) groups is 1. The van der Waals surface area contributed by atoms with Gasteiger partial charge in [0.15, 0.2) is 0 Å². The highest BCUT2D eigenvalue weighted by Gasteiger charge is 2.23. The van der Waals surface area contributed by atoms with Crippen molar-refractivity contribution in [2.24, 2.45) is 7.05 Å². The molecule has 126 valence electrons. The Morgan fingerprint density at radius 1 is 1.42 bits per heavy atom. The van der Waals surface area contributed by atoms with Gasteiger partial charge in [-0.15, -0.1) is 11.3 Å². The first-order valence-corrected chi connectivity index (χ1v) is 9.66. The van der Waals surface area contributed by atoms with Crippen molar-refractivity contribution in [1.29, 1.82) is 0 Å². The van der Waals surface area contributed by atoms with E-state index in [4.69, 9.17) is 0 Å². The number of rotatable bonds is 6. The topological polar surface area (TPSA) is 59.8 Å². The molecule has 0 saturated heterocycles. The van der Waals surface area contributed by atoms with Crippen molar-refractivity contribution in [2.45, 2.75) is 32.7 Å². The fourth-order valence-electron chi connectivity index (χ4n) is 2.82. The number of thiazole rings is 1. The third-order valence-electron chi connectivity index (χ3n) is 4.01. The Bertz CT molecular complexity index is 806. The summed E-state index contributed by atoms with van der Waals surface area (Å²) in [6.45, 7) is 4.00. The smallest absolute Gasteiger partial charge is 0.270 e. The van der Waals surface area contributed by atoms with Gasteiger partial charge in [0.05, 0.1) is 11.7 Å². The van der Waals surface area contributed by atoms with Gasteiger partial charge in [-0.25, -0.2) is 4.98 Å². The molecular weight excluding hydrogens is 340 g/mol. The van der Waals surface area contributed by atoms with E-state index >= 15 is 0 Å². The molecule has 0 fully saturated rings. The van der Waals surface area contributed by atoms with Gasteiger partial charge in [0.1, 0.15) is 10.7 Å². The molecule has 1 unspecified atom stereocenters. The van der Waals surface area contributed by atoms with Gasteiger partial charge in [0.2, 0.25) is 0 Å². The van der Waals surface area contributed by atoms with Crippen LogP contribution in [0.15, 0.2) is 28.4 Å². The lowest BCUT2D eigenvalue weighted by Crippen LogP contribution is -2.31. The van der Waals surface area contributed by atoms with Gasteiger partial charge >= 0.3 is 0 Å². The number of nitrogens with one attached hydrogen (secondary N) is 1. The second-order valence-electron chi connectivity index (χ2n) is 5.63. The largest absolute Gasteiger partial charge is 0.341 e. The Morgan fingerprint density at radius 2 is 2.25 bits per heavy atom. The average Bonchev–Trinajstić information content (AvgIpc) is 3.28. The molecular formula is C17H20N4OS2. The Labute approximate surface area is 149 Å². The summed E-state index contributed by atoms with van der Waals surface area (Å²) in [6.07, 6.45) is 3.33. The summed E-state index contributed by atoms with van der Waals surface area (Å²) in [5, 5.41) is 14.6. The molecule has 3 aromatic rings. The van der Waals surface area contributed by atoms with Crippen molar-refractivity contribution in [3.8, 4) is 0 Å². The van der Waals surface area contributed by atoms with Crippen molar-refractivity contribution >= 4 is 28.6 Å². The maximum Gasteiger partial charge on any atom is 0.270 e. The van der Waals surface area contributed by atoms with Crippen LogP contribution in [0, 0.1) is 6.92 Å². The van der Waals surface area contributed by atoms with Crippen LogP contribution < -0.4 is 5.32 Å². The van der Waals surface area contributed by atoms with E-state index in [0.29, 0.717) is 5.69 Å². The Kier molecular flexibility index (Phi) is 5.11. The van der Waals surface area contributed by atoms with Gasteiger partial charge in [0, 0.05) is 30.6 Å². The number of nitrogens with zero attached hydrogens (tertiary/aromatic N) is 3. The first-order valence-electron chi connectivity index (χ1n) is 7.84. The fraction of sp³-hybridized carbons (Fsp3) is 0.353. The lowest BCUT2D eigenvalue weighted by atomic mass is 10.1. The molecule has 24 heavy (non-hydrogen) atoms. The summed E-state index contributed by atoms with van der Waals surface area (Å²) < 4.78 is 1.67. The predicted octanol–water partition coefficient (Wildman–Crippen LogP) is 3.52. The minimum Gasteiger partial charge on any atom is -0.341 e. The lowest BCUT2D eigenvalue weighted by molar-refractivity contribution is 0.0926. The number of aryl methyl sites for hydroxylation is 2. The average molecular weight is 361 g/mol.